The van der Waals surface area contributed by atoms with Gasteiger partial charge in [0.2, 0.25) is 20.9 Å². The minimum atomic E-state index is -3.47. The van der Waals surface area contributed by atoms with Gasteiger partial charge in [0.05, 0.1) is 0 Å². The van der Waals surface area contributed by atoms with Gasteiger partial charge in [0, 0.05) is 12.5 Å². The van der Waals surface area contributed by atoms with Crippen molar-refractivity contribution < 1.29 is 13.2 Å². The molecule has 7 nitrogen and oxygen atoms in total. The van der Waals surface area contributed by atoms with Gasteiger partial charge < -0.3 is 5.32 Å². The number of rotatable bonds is 0. The number of aliphatic imine (C=N–C) groups is 1. The topological polar surface area (TPSA) is 100.0 Å². The lowest BCUT2D eigenvalue weighted by Gasteiger charge is -2.20. The number of hydrogen-bond donors (Lipinski definition) is 2. The maximum atomic E-state index is 11.3. The minimum Gasteiger partial charge on any atom is -0.301 e. The first-order valence-electron chi connectivity index (χ1n) is 3.86. The van der Waals surface area contributed by atoms with E-state index in [1.807, 2.05) is 0 Å². The fourth-order valence-electron chi connectivity index (χ4n) is 1.22. The molecule has 2 rings (SSSR count). The molecule has 0 aromatic carbocycles. The van der Waals surface area contributed by atoms with Crippen LogP contribution in [0.15, 0.2) is 10.1 Å². The molecule has 2 aliphatic heterocycles. The molecule has 2 unspecified atom stereocenters. The Morgan fingerprint density at radius 2 is 2.21 bits per heavy atom. The quantitative estimate of drug-likeness (QED) is 0.491. The number of nitrogens with zero attached hydrogens (tertiary/aromatic N) is 2. The number of carbonyl (C=O) groups excluding carboxylic acids is 1. The molecular formula is C6H8N4O3S. The summed E-state index contributed by atoms with van der Waals surface area (Å²) in [6, 6.07) is 0. The Kier molecular flexibility index (Phi) is 1.81. The van der Waals surface area contributed by atoms with Gasteiger partial charge in [-0.3, -0.25) is 10.2 Å². The van der Waals surface area contributed by atoms with Crippen LogP contribution in [0.2, 0.25) is 0 Å². The van der Waals surface area contributed by atoms with E-state index in [4.69, 9.17) is 0 Å². The van der Waals surface area contributed by atoms with Crippen LogP contribution in [0.1, 0.15) is 0 Å². The van der Waals surface area contributed by atoms with Crippen molar-refractivity contribution in [1.29, 1.82) is 0 Å². The summed E-state index contributed by atoms with van der Waals surface area (Å²) in [6.07, 6.45) is 1.80. The molecule has 2 aliphatic rings. The standard InChI is InChI=1S/C6H8N4O3S/c1-14(12,13)6-8-4-3(2-7-10-4)5(11)9-6/h2-4,10H,1H3,(H,8,9,11). The Morgan fingerprint density at radius 3 is 2.86 bits per heavy atom. The zero-order valence-electron chi connectivity index (χ0n) is 7.26. The molecule has 1 amide bonds. The summed E-state index contributed by atoms with van der Waals surface area (Å²) in [5.41, 5.74) is 2.55. The average molecular weight is 216 g/mol. The fraction of sp³-hybridized carbons (Fsp3) is 0.500. The van der Waals surface area contributed by atoms with E-state index in [2.05, 4.69) is 20.8 Å². The summed E-state index contributed by atoms with van der Waals surface area (Å²) in [6.45, 7) is 0. The van der Waals surface area contributed by atoms with Crippen molar-refractivity contribution in [3.8, 4) is 0 Å². The summed E-state index contributed by atoms with van der Waals surface area (Å²) >= 11 is 0. The second-order valence-corrected chi connectivity index (χ2v) is 5.00. The summed E-state index contributed by atoms with van der Waals surface area (Å²) in [5, 5.41) is 5.57. The third-order valence-corrected chi connectivity index (χ3v) is 2.83. The van der Waals surface area contributed by atoms with E-state index in [1.54, 1.807) is 0 Å². The van der Waals surface area contributed by atoms with Crippen molar-refractivity contribution in [2.45, 2.75) is 6.17 Å². The van der Waals surface area contributed by atoms with Crippen molar-refractivity contribution in [2.24, 2.45) is 16.0 Å². The van der Waals surface area contributed by atoms with Gasteiger partial charge in [-0.2, -0.15) is 5.10 Å². The third-order valence-electron chi connectivity index (χ3n) is 1.92. The van der Waals surface area contributed by atoms with Gasteiger partial charge in [0.15, 0.2) is 6.17 Å². The lowest BCUT2D eigenvalue weighted by atomic mass is 10.1. The highest BCUT2D eigenvalue weighted by Crippen LogP contribution is 2.13. The van der Waals surface area contributed by atoms with Gasteiger partial charge in [-0.05, 0) is 0 Å². The number of sulfone groups is 1. The van der Waals surface area contributed by atoms with Crippen LogP contribution in [-0.2, 0) is 14.6 Å². The van der Waals surface area contributed by atoms with Crippen LogP contribution in [0.25, 0.3) is 0 Å². The van der Waals surface area contributed by atoms with E-state index in [1.165, 1.54) is 6.21 Å². The molecule has 0 fully saturated rings. The Labute approximate surface area is 80.2 Å². The monoisotopic (exact) mass is 216 g/mol. The first kappa shape index (κ1) is 9.13. The molecule has 76 valence electrons. The molecule has 14 heavy (non-hydrogen) atoms. The van der Waals surface area contributed by atoms with Gasteiger partial charge in [0.25, 0.3) is 0 Å². The van der Waals surface area contributed by atoms with E-state index < -0.39 is 27.8 Å². The van der Waals surface area contributed by atoms with E-state index in [-0.39, 0.29) is 5.17 Å². The van der Waals surface area contributed by atoms with E-state index in [0.29, 0.717) is 0 Å². The zero-order chi connectivity index (χ0) is 10.3. The van der Waals surface area contributed by atoms with Crippen LogP contribution >= 0.6 is 0 Å². The molecule has 0 saturated heterocycles. The van der Waals surface area contributed by atoms with E-state index in [0.717, 1.165) is 6.26 Å². The SMILES string of the molecule is CS(=O)(=O)C1=NC2NN=CC2C(=O)N1. The molecule has 8 heteroatoms. The predicted octanol–water partition coefficient (Wildman–Crippen LogP) is -1.95. The molecule has 2 N–H and O–H groups in total. The number of fused-ring (bicyclic) bond motifs is 1. The molecule has 0 spiro atoms. The zero-order valence-corrected chi connectivity index (χ0v) is 8.08. The summed E-state index contributed by atoms with van der Waals surface area (Å²) in [5.74, 6) is -0.917. The van der Waals surface area contributed by atoms with E-state index in [9.17, 15) is 13.2 Å². The van der Waals surface area contributed by atoms with Gasteiger partial charge in [-0.1, -0.05) is 0 Å². The minimum absolute atomic E-state index is 0.304. The van der Waals surface area contributed by atoms with Gasteiger partial charge in [0.1, 0.15) is 5.92 Å². The van der Waals surface area contributed by atoms with Crippen LogP contribution < -0.4 is 10.7 Å². The highest BCUT2D eigenvalue weighted by Gasteiger charge is 2.37. The van der Waals surface area contributed by atoms with Crippen molar-refractivity contribution >= 4 is 27.1 Å². The molecule has 2 atom stereocenters. The predicted molar refractivity (Wildman–Crippen MR) is 49.3 cm³/mol. The molecule has 2 heterocycles. The number of amidine groups is 1. The Balaban J connectivity index is 2.38. The number of hydrazone groups is 1. The Bertz CT molecular complexity index is 438. The molecule has 0 radical (unpaired) electrons. The number of amides is 1. The van der Waals surface area contributed by atoms with Gasteiger partial charge >= 0.3 is 0 Å². The number of nitrogens with one attached hydrogen (secondary N) is 2. The third kappa shape index (κ3) is 1.37. The lowest BCUT2D eigenvalue weighted by molar-refractivity contribution is -0.122. The Morgan fingerprint density at radius 1 is 1.50 bits per heavy atom. The molecule has 0 bridgehead atoms. The van der Waals surface area contributed by atoms with Crippen LogP contribution in [0, 0.1) is 5.92 Å². The second kappa shape index (κ2) is 2.77. The number of hydrogen-bond acceptors (Lipinski definition) is 6. The Hall–Kier alpha value is -1.44. The van der Waals surface area contributed by atoms with Crippen molar-refractivity contribution in [3.63, 3.8) is 0 Å². The molecule has 0 aliphatic carbocycles. The first-order valence-corrected chi connectivity index (χ1v) is 5.75. The van der Waals surface area contributed by atoms with Gasteiger partial charge in [-0.25, -0.2) is 13.4 Å². The van der Waals surface area contributed by atoms with Crippen molar-refractivity contribution in [1.82, 2.24) is 10.7 Å². The highest BCUT2D eigenvalue weighted by atomic mass is 32.2. The number of carbonyl (C=O) groups is 1. The molecule has 0 aromatic heterocycles. The highest BCUT2D eigenvalue weighted by molar-refractivity contribution is 8.05. The van der Waals surface area contributed by atoms with E-state index >= 15 is 0 Å². The molecular weight excluding hydrogens is 208 g/mol. The summed E-state index contributed by atoms with van der Waals surface area (Å²) in [4.78, 5) is 15.2. The van der Waals surface area contributed by atoms with Gasteiger partial charge in [-0.15, -0.1) is 0 Å². The summed E-state index contributed by atoms with van der Waals surface area (Å²) < 4.78 is 22.2. The van der Waals surface area contributed by atoms with Crippen molar-refractivity contribution in [2.75, 3.05) is 6.26 Å². The maximum Gasteiger partial charge on any atom is 0.238 e. The van der Waals surface area contributed by atoms with Crippen LogP contribution in [0.4, 0.5) is 0 Å². The molecule has 0 saturated carbocycles. The second-order valence-electron chi connectivity index (χ2n) is 3.07. The smallest absolute Gasteiger partial charge is 0.238 e. The summed E-state index contributed by atoms with van der Waals surface area (Å²) in [7, 11) is -3.47. The maximum absolute atomic E-state index is 11.3. The normalized spacial score (nSPS) is 30.4. The van der Waals surface area contributed by atoms with Crippen molar-refractivity contribution in [3.05, 3.63) is 0 Å². The lowest BCUT2D eigenvalue weighted by Crippen LogP contribution is -2.49. The average Bonchev–Trinajstić information content (AvgIpc) is 2.50. The first-order chi connectivity index (χ1) is 6.48. The molecule has 0 aromatic rings. The van der Waals surface area contributed by atoms with Crippen LogP contribution in [0.5, 0.6) is 0 Å². The fourth-order valence-corrected chi connectivity index (χ4v) is 1.81. The van der Waals surface area contributed by atoms with Crippen LogP contribution in [-0.4, -0.2) is 38.1 Å². The largest absolute Gasteiger partial charge is 0.301 e. The van der Waals surface area contributed by atoms with Crippen LogP contribution in [0.3, 0.4) is 0 Å².